The molecule has 0 spiro atoms. The first-order valence-electron chi connectivity index (χ1n) is 6.98. The zero-order chi connectivity index (χ0) is 14.8. The van der Waals surface area contributed by atoms with Crippen LogP contribution < -0.4 is 10.1 Å². The van der Waals surface area contributed by atoms with E-state index in [1.165, 1.54) is 16.3 Å². The van der Waals surface area contributed by atoms with Crippen LogP contribution in [0.2, 0.25) is 0 Å². The summed E-state index contributed by atoms with van der Waals surface area (Å²) in [7, 11) is 3.64. The lowest BCUT2D eigenvalue weighted by molar-refractivity contribution is 0.411. The van der Waals surface area contributed by atoms with Crippen LogP contribution in [-0.2, 0) is 13.6 Å². The summed E-state index contributed by atoms with van der Waals surface area (Å²) in [6, 6.07) is 12.5. The molecule has 0 fully saturated rings. The molecule has 0 aliphatic rings. The molecular weight excluding hydrogens is 262 g/mol. The SMILES string of the molecule is COc1ccc2ccccc2c1CNc1cn(C)nc1C. The van der Waals surface area contributed by atoms with Crippen molar-refractivity contribution in [3.05, 3.63) is 53.9 Å². The van der Waals surface area contributed by atoms with E-state index in [2.05, 4.69) is 40.7 Å². The van der Waals surface area contributed by atoms with Crippen molar-refractivity contribution in [2.24, 2.45) is 7.05 Å². The van der Waals surface area contributed by atoms with Gasteiger partial charge in [-0.05, 0) is 23.8 Å². The normalized spacial score (nSPS) is 10.8. The average molecular weight is 281 g/mol. The minimum absolute atomic E-state index is 0.705. The van der Waals surface area contributed by atoms with E-state index in [0.717, 1.165) is 17.1 Å². The molecule has 1 N–H and O–H groups in total. The van der Waals surface area contributed by atoms with E-state index in [0.29, 0.717) is 6.54 Å². The van der Waals surface area contributed by atoms with Crippen molar-refractivity contribution in [3.63, 3.8) is 0 Å². The molecule has 2 aromatic carbocycles. The maximum atomic E-state index is 5.52. The second-order valence-corrected chi connectivity index (χ2v) is 5.12. The summed E-state index contributed by atoms with van der Waals surface area (Å²) in [4.78, 5) is 0. The quantitative estimate of drug-likeness (QED) is 0.795. The predicted molar refractivity (Wildman–Crippen MR) is 85.8 cm³/mol. The largest absolute Gasteiger partial charge is 0.496 e. The number of aromatic nitrogens is 2. The summed E-state index contributed by atoms with van der Waals surface area (Å²) >= 11 is 0. The zero-order valence-electron chi connectivity index (χ0n) is 12.6. The molecule has 0 saturated carbocycles. The average Bonchev–Trinajstić information content (AvgIpc) is 2.82. The van der Waals surface area contributed by atoms with Gasteiger partial charge in [0.1, 0.15) is 5.75 Å². The minimum Gasteiger partial charge on any atom is -0.496 e. The van der Waals surface area contributed by atoms with Gasteiger partial charge in [0, 0.05) is 25.4 Å². The Labute approximate surface area is 124 Å². The highest BCUT2D eigenvalue weighted by Gasteiger charge is 2.09. The van der Waals surface area contributed by atoms with Gasteiger partial charge < -0.3 is 10.1 Å². The van der Waals surface area contributed by atoms with Crippen LogP contribution in [0.5, 0.6) is 5.75 Å². The van der Waals surface area contributed by atoms with Crippen molar-refractivity contribution in [2.45, 2.75) is 13.5 Å². The van der Waals surface area contributed by atoms with Crippen LogP contribution in [0.15, 0.2) is 42.6 Å². The highest BCUT2D eigenvalue weighted by atomic mass is 16.5. The van der Waals surface area contributed by atoms with Gasteiger partial charge in [0.15, 0.2) is 0 Å². The lowest BCUT2D eigenvalue weighted by atomic mass is 10.0. The molecule has 21 heavy (non-hydrogen) atoms. The zero-order valence-corrected chi connectivity index (χ0v) is 12.6. The van der Waals surface area contributed by atoms with Crippen LogP contribution in [0, 0.1) is 6.92 Å². The molecule has 4 heteroatoms. The Morgan fingerprint density at radius 3 is 2.71 bits per heavy atom. The monoisotopic (exact) mass is 281 g/mol. The van der Waals surface area contributed by atoms with E-state index in [1.807, 2.05) is 30.9 Å². The molecule has 3 rings (SSSR count). The summed E-state index contributed by atoms with van der Waals surface area (Å²) in [5.41, 5.74) is 3.21. The maximum absolute atomic E-state index is 5.52. The standard InChI is InChI=1S/C17H19N3O/c1-12-16(11-20(2)19-12)18-10-15-14-7-5-4-6-13(14)8-9-17(15)21-3/h4-9,11,18H,10H2,1-3H3. The Bertz CT molecular complexity index is 777. The van der Waals surface area contributed by atoms with Crippen LogP contribution in [0.3, 0.4) is 0 Å². The highest BCUT2D eigenvalue weighted by Crippen LogP contribution is 2.29. The fraction of sp³-hybridized carbons (Fsp3) is 0.235. The maximum Gasteiger partial charge on any atom is 0.124 e. The van der Waals surface area contributed by atoms with Crippen LogP contribution in [0.4, 0.5) is 5.69 Å². The second-order valence-electron chi connectivity index (χ2n) is 5.12. The van der Waals surface area contributed by atoms with E-state index in [-0.39, 0.29) is 0 Å². The summed E-state index contributed by atoms with van der Waals surface area (Å²) in [6.45, 7) is 2.71. The van der Waals surface area contributed by atoms with Crippen LogP contribution in [0.25, 0.3) is 10.8 Å². The number of benzene rings is 2. The Kier molecular flexibility index (Phi) is 3.52. The molecular formula is C17H19N3O. The molecule has 0 radical (unpaired) electrons. The molecule has 1 aromatic heterocycles. The number of anilines is 1. The van der Waals surface area contributed by atoms with Gasteiger partial charge in [0.2, 0.25) is 0 Å². The number of methoxy groups -OCH3 is 1. The highest BCUT2D eigenvalue weighted by molar-refractivity contribution is 5.88. The molecule has 3 aromatic rings. The van der Waals surface area contributed by atoms with E-state index >= 15 is 0 Å². The molecule has 108 valence electrons. The molecule has 1 heterocycles. The first-order chi connectivity index (χ1) is 10.2. The van der Waals surface area contributed by atoms with Gasteiger partial charge >= 0.3 is 0 Å². The molecule has 0 saturated heterocycles. The third kappa shape index (κ3) is 2.57. The van der Waals surface area contributed by atoms with Crippen molar-refractivity contribution in [1.82, 2.24) is 9.78 Å². The number of nitrogens with zero attached hydrogens (tertiary/aromatic N) is 2. The third-order valence-electron chi connectivity index (χ3n) is 3.69. The molecule has 0 aliphatic heterocycles. The Hall–Kier alpha value is -2.49. The predicted octanol–water partition coefficient (Wildman–Crippen LogP) is 3.50. The van der Waals surface area contributed by atoms with E-state index in [4.69, 9.17) is 4.74 Å². The van der Waals surface area contributed by atoms with Crippen LogP contribution >= 0.6 is 0 Å². The number of hydrogen-bond acceptors (Lipinski definition) is 3. The van der Waals surface area contributed by atoms with Gasteiger partial charge in [0.25, 0.3) is 0 Å². The van der Waals surface area contributed by atoms with E-state index in [1.54, 1.807) is 7.11 Å². The van der Waals surface area contributed by atoms with Crippen molar-refractivity contribution >= 4 is 16.5 Å². The van der Waals surface area contributed by atoms with E-state index < -0.39 is 0 Å². The molecule has 0 amide bonds. The lowest BCUT2D eigenvalue weighted by Gasteiger charge is -2.13. The van der Waals surface area contributed by atoms with Crippen molar-refractivity contribution in [3.8, 4) is 5.75 Å². The van der Waals surface area contributed by atoms with Crippen LogP contribution in [-0.4, -0.2) is 16.9 Å². The fourth-order valence-electron chi connectivity index (χ4n) is 2.65. The number of hydrogen-bond donors (Lipinski definition) is 1. The number of aryl methyl sites for hydroxylation is 2. The Morgan fingerprint density at radius 1 is 1.19 bits per heavy atom. The van der Waals surface area contributed by atoms with Gasteiger partial charge in [-0.3, -0.25) is 4.68 Å². The first-order valence-corrected chi connectivity index (χ1v) is 6.98. The van der Waals surface area contributed by atoms with Gasteiger partial charge in [-0.2, -0.15) is 5.10 Å². The van der Waals surface area contributed by atoms with E-state index in [9.17, 15) is 0 Å². The Balaban J connectivity index is 1.97. The molecule has 0 atom stereocenters. The third-order valence-corrected chi connectivity index (χ3v) is 3.69. The number of fused-ring (bicyclic) bond motifs is 1. The van der Waals surface area contributed by atoms with Gasteiger partial charge in [-0.15, -0.1) is 0 Å². The molecule has 0 aliphatic carbocycles. The second kappa shape index (κ2) is 5.48. The van der Waals surface area contributed by atoms with Crippen LogP contribution in [0.1, 0.15) is 11.3 Å². The lowest BCUT2D eigenvalue weighted by Crippen LogP contribution is -2.03. The van der Waals surface area contributed by atoms with Crippen molar-refractivity contribution in [2.75, 3.05) is 12.4 Å². The molecule has 0 bridgehead atoms. The topological polar surface area (TPSA) is 39.1 Å². The van der Waals surface area contributed by atoms with Crippen molar-refractivity contribution < 1.29 is 4.74 Å². The number of rotatable bonds is 4. The van der Waals surface area contributed by atoms with Crippen molar-refractivity contribution in [1.29, 1.82) is 0 Å². The number of nitrogens with one attached hydrogen (secondary N) is 1. The molecule has 0 unspecified atom stereocenters. The van der Waals surface area contributed by atoms with Gasteiger partial charge in [-0.1, -0.05) is 30.3 Å². The number of ether oxygens (including phenoxy) is 1. The summed E-state index contributed by atoms with van der Waals surface area (Å²) in [6.07, 6.45) is 1.99. The first kappa shape index (κ1) is 13.5. The van der Waals surface area contributed by atoms with Gasteiger partial charge in [-0.25, -0.2) is 0 Å². The Morgan fingerprint density at radius 2 is 2.00 bits per heavy atom. The minimum atomic E-state index is 0.705. The van der Waals surface area contributed by atoms with Gasteiger partial charge in [0.05, 0.1) is 18.5 Å². The summed E-state index contributed by atoms with van der Waals surface area (Å²) < 4.78 is 7.33. The fourth-order valence-corrected chi connectivity index (χ4v) is 2.65. The summed E-state index contributed by atoms with van der Waals surface area (Å²) in [5.74, 6) is 0.905. The summed E-state index contributed by atoms with van der Waals surface area (Å²) in [5, 5.41) is 10.2. The smallest absolute Gasteiger partial charge is 0.124 e. The molecule has 4 nitrogen and oxygen atoms in total.